The number of aryl methyl sites for hydroxylation is 1. The van der Waals surface area contributed by atoms with E-state index in [4.69, 9.17) is 5.11 Å². The SMILES string of the molecule is CCc1ccc(C(=O)N(CCC(=O)O)C(C)C)s1. The first-order valence-electron chi connectivity index (χ1n) is 6.07. The van der Waals surface area contributed by atoms with Gasteiger partial charge in [-0.3, -0.25) is 9.59 Å². The number of nitrogens with zero attached hydrogens (tertiary/aromatic N) is 1. The van der Waals surface area contributed by atoms with Gasteiger partial charge in [0.25, 0.3) is 5.91 Å². The van der Waals surface area contributed by atoms with E-state index in [0.717, 1.165) is 6.42 Å². The summed E-state index contributed by atoms with van der Waals surface area (Å²) in [7, 11) is 0. The smallest absolute Gasteiger partial charge is 0.305 e. The molecule has 0 bridgehead atoms. The Morgan fingerprint density at radius 3 is 2.50 bits per heavy atom. The lowest BCUT2D eigenvalue weighted by molar-refractivity contribution is -0.137. The van der Waals surface area contributed by atoms with E-state index in [9.17, 15) is 9.59 Å². The topological polar surface area (TPSA) is 57.6 Å². The van der Waals surface area contributed by atoms with Crippen LogP contribution in [0.2, 0.25) is 0 Å². The van der Waals surface area contributed by atoms with Gasteiger partial charge in [0.1, 0.15) is 0 Å². The van der Waals surface area contributed by atoms with E-state index in [1.54, 1.807) is 4.90 Å². The number of hydrogen-bond acceptors (Lipinski definition) is 3. The van der Waals surface area contributed by atoms with Crippen LogP contribution in [0.3, 0.4) is 0 Å². The average molecular weight is 269 g/mol. The van der Waals surface area contributed by atoms with E-state index in [1.165, 1.54) is 16.2 Å². The molecule has 0 aromatic carbocycles. The van der Waals surface area contributed by atoms with Crippen LogP contribution in [-0.4, -0.2) is 34.5 Å². The summed E-state index contributed by atoms with van der Waals surface area (Å²) in [4.78, 5) is 26.3. The second kappa shape index (κ2) is 6.54. The quantitative estimate of drug-likeness (QED) is 0.863. The van der Waals surface area contributed by atoms with E-state index in [1.807, 2.05) is 32.9 Å². The first-order chi connectivity index (χ1) is 8.45. The molecule has 1 heterocycles. The van der Waals surface area contributed by atoms with Gasteiger partial charge in [0, 0.05) is 17.5 Å². The Morgan fingerprint density at radius 1 is 1.39 bits per heavy atom. The van der Waals surface area contributed by atoms with Crippen molar-refractivity contribution in [3.8, 4) is 0 Å². The van der Waals surface area contributed by atoms with Gasteiger partial charge in [-0.15, -0.1) is 11.3 Å². The lowest BCUT2D eigenvalue weighted by Crippen LogP contribution is -2.38. The van der Waals surface area contributed by atoms with Gasteiger partial charge in [-0.1, -0.05) is 6.92 Å². The number of amides is 1. The van der Waals surface area contributed by atoms with Gasteiger partial charge in [0.05, 0.1) is 11.3 Å². The molecule has 0 spiro atoms. The second-order valence-electron chi connectivity index (χ2n) is 4.36. The van der Waals surface area contributed by atoms with Crippen LogP contribution in [0.4, 0.5) is 0 Å². The van der Waals surface area contributed by atoms with E-state index < -0.39 is 5.97 Å². The zero-order chi connectivity index (χ0) is 13.7. The number of carboxylic acids is 1. The Balaban J connectivity index is 2.78. The third-order valence-electron chi connectivity index (χ3n) is 2.67. The van der Waals surface area contributed by atoms with E-state index in [0.29, 0.717) is 4.88 Å². The van der Waals surface area contributed by atoms with E-state index in [2.05, 4.69) is 0 Å². The average Bonchev–Trinajstić information content (AvgIpc) is 2.76. The summed E-state index contributed by atoms with van der Waals surface area (Å²) in [5, 5.41) is 8.70. The van der Waals surface area contributed by atoms with Crippen LogP contribution in [0, 0.1) is 0 Å². The molecule has 1 aromatic heterocycles. The summed E-state index contributed by atoms with van der Waals surface area (Å²) in [6.45, 7) is 6.10. The number of rotatable bonds is 6. The van der Waals surface area contributed by atoms with Gasteiger partial charge < -0.3 is 10.0 Å². The highest BCUT2D eigenvalue weighted by atomic mass is 32.1. The Morgan fingerprint density at radius 2 is 2.06 bits per heavy atom. The van der Waals surface area contributed by atoms with Crippen LogP contribution in [0.15, 0.2) is 12.1 Å². The Bertz CT molecular complexity index is 426. The second-order valence-corrected chi connectivity index (χ2v) is 5.52. The van der Waals surface area contributed by atoms with Crippen molar-refractivity contribution in [1.29, 1.82) is 0 Å². The molecule has 0 saturated carbocycles. The maximum atomic E-state index is 12.3. The molecule has 0 aliphatic carbocycles. The predicted molar refractivity (Wildman–Crippen MR) is 72.1 cm³/mol. The molecule has 0 unspecified atom stereocenters. The van der Waals surface area contributed by atoms with Gasteiger partial charge in [-0.25, -0.2) is 0 Å². The predicted octanol–water partition coefficient (Wildman–Crippen LogP) is 2.64. The monoisotopic (exact) mass is 269 g/mol. The normalized spacial score (nSPS) is 10.7. The molecule has 0 aliphatic rings. The highest BCUT2D eigenvalue weighted by Crippen LogP contribution is 2.20. The molecule has 1 aromatic rings. The third kappa shape index (κ3) is 3.84. The van der Waals surface area contributed by atoms with Gasteiger partial charge in [-0.2, -0.15) is 0 Å². The number of thiophene rings is 1. The number of carboxylic acid groups (broad SMARTS) is 1. The largest absolute Gasteiger partial charge is 0.481 e. The molecule has 1 amide bonds. The van der Waals surface area contributed by atoms with Crippen molar-refractivity contribution in [1.82, 2.24) is 4.90 Å². The van der Waals surface area contributed by atoms with Crippen LogP contribution >= 0.6 is 11.3 Å². The molecule has 4 nitrogen and oxygen atoms in total. The molecule has 0 aliphatic heterocycles. The Kier molecular flexibility index (Phi) is 5.34. The molecule has 5 heteroatoms. The molecule has 1 rings (SSSR count). The van der Waals surface area contributed by atoms with Crippen molar-refractivity contribution >= 4 is 23.2 Å². The molecular weight excluding hydrogens is 250 g/mol. The van der Waals surface area contributed by atoms with Crippen LogP contribution < -0.4 is 0 Å². The number of hydrogen-bond donors (Lipinski definition) is 1. The minimum Gasteiger partial charge on any atom is -0.481 e. The number of aliphatic carboxylic acids is 1. The molecule has 0 atom stereocenters. The van der Waals surface area contributed by atoms with E-state index >= 15 is 0 Å². The van der Waals surface area contributed by atoms with Crippen molar-refractivity contribution in [3.63, 3.8) is 0 Å². The highest BCUT2D eigenvalue weighted by Gasteiger charge is 2.20. The number of carbonyl (C=O) groups is 2. The molecular formula is C13H19NO3S. The fraction of sp³-hybridized carbons (Fsp3) is 0.538. The van der Waals surface area contributed by atoms with Crippen LogP contribution in [0.25, 0.3) is 0 Å². The summed E-state index contributed by atoms with van der Waals surface area (Å²) >= 11 is 1.48. The first-order valence-corrected chi connectivity index (χ1v) is 6.88. The maximum Gasteiger partial charge on any atom is 0.305 e. The molecule has 100 valence electrons. The molecule has 0 fully saturated rings. The van der Waals surface area contributed by atoms with Crippen molar-refractivity contribution in [3.05, 3.63) is 21.9 Å². The zero-order valence-electron chi connectivity index (χ0n) is 11.0. The molecule has 1 N–H and O–H groups in total. The van der Waals surface area contributed by atoms with Crippen molar-refractivity contribution in [2.24, 2.45) is 0 Å². The fourth-order valence-electron chi connectivity index (χ4n) is 1.63. The van der Waals surface area contributed by atoms with Gasteiger partial charge in [0.2, 0.25) is 0 Å². The first kappa shape index (κ1) is 14.7. The van der Waals surface area contributed by atoms with Gasteiger partial charge in [-0.05, 0) is 32.4 Å². The van der Waals surface area contributed by atoms with Crippen LogP contribution in [0.1, 0.15) is 41.7 Å². The summed E-state index contributed by atoms with van der Waals surface area (Å²) < 4.78 is 0. The van der Waals surface area contributed by atoms with E-state index in [-0.39, 0.29) is 24.9 Å². The minimum absolute atomic E-state index is 0.00373. The minimum atomic E-state index is -0.881. The maximum absolute atomic E-state index is 12.3. The standard InChI is InChI=1S/C13H19NO3S/c1-4-10-5-6-11(18-10)13(17)14(9(2)3)8-7-12(15)16/h5-6,9H,4,7-8H2,1-3H3,(H,15,16). The summed E-state index contributed by atoms with van der Waals surface area (Å²) in [6, 6.07) is 3.78. The molecule has 0 saturated heterocycles. The van der Waals surface area contributed by atoms with Crippen molar-refractivity contribution in [2.75, 3.05) is 6.54 Å². The zero-order valence-corrected chi connectivity index (χ0v) is 11.8. The lowest BCUT2D eigenvalue weighted by Gasteiger charge is -2.25. The molecule has 0 radical (unpaired) electrons. The Hall–Kier alpha value is -1.36. The summed E-state index contributed by atoms with van der Waals surface area (Å²) in [5.41, 5.74) is 0. The summed E-state index contributed by atoms with van der Waals surface area (Å²) in [5.74, 6) is -0.954. The van der Waals surface area contributed by atoms with Crippen molar-refractivity contribution in [2.45, 2.75) is 39.7 Å². The molecule has 18 heavy (non-hydrogen) atoms. The van der Waals surface area contributed by atoms with Gasteiger partial charge >= 0.3 is 5.97 Å². The van der Waals surface area contributed by atoms with Crippen molar-refractivity contribution < 1.29 is 14.7 Å². The Labute approximate surface area is 111 Å². The van der Waals surface area contributed by atoms with Gasteiger partial charge in [0.15, 0.2) is 0 Å². The fourth-order valence-corrected chi connectivity index (χ4v) is 2.54. The third-order valence-corrected chi connectivity index (χ3v) is 3.89. The lowest BCUT2D eigenvalue weighted by atomic mass is 10.2. The van der Waals surface area contributed by atoms with Crippen LogP contribution in [-0.2, 0) is 11.2 Å². The number of carbonyl (C=O) groups excluding carboxylic acids is 1. The van der Waals surface area contributed by atoms with Crippen LogP contribution in [0.5, 0.6) is 0 Å². The highest BCUT2D eigenvalue weighted by molar-refractivity contribution is 7.14. The summed E-state index contributed by atoms with van der Waals surface area (Å²) in [6.07, 6.45) is 0.894.